The number of nitrogens with zero attached hydrogens (tertiary/aromatic N) is 2. The number of rotatable bonds is 12. The fraction of sp³-hybridized carbons (Fsp3) is 0.355. The van der Waals surface area contributed by atoms with Crippen LogP contribution in [0, 0.1) is 0 Å². The quantitative estimate of drug-likeness (QED) is 0.126. The van der Waals surface area contributed by atoms with E-state index in [2.05, 4.69) is 34.4 Å². The van der Waals surface area contributed by atoms with Crippen molar-refractivity contribution in [3.05, 3.63) is 100 Å². The summed E-state index contributed by atoms with van der Waals surface area (Å²) in [6, 6.07) is 15.8. The number of ether oxygens (including phenoxy) is 3. The van der Waals surface area contributed by atoms with E-state index in [1.807, 2.05) is 67.5 Å². The summed E-state index contributed by atoms with van der Waals surface area (Å²) in [5.41, 5.74) is 1.46. The minimum Gasteiger partial charge on any atom is -0.471 e. The molecule has 3 heterocycles. The molecule has 4 aromatic rings. The maximum absolute atomic E-state index is 13.1. The summed E-state index contributed by atoms with van der Waals surface area (Å²) in [7, 11) is 1.90. The minimum absolute atomic E-state index is 0.295. The fourth-order valence-corrected chi connectivity index (χ4v) is 5.43. The van der Waals surface area contributed by atoms with Crippen molar-refractivity contribution < 1.29 is 36.3 Å². The summed E-state index contributed by atoms with van der Waals surface area (Å²) in [6.45, 7) is 1.90. The van der Waals surface area contributed by atoms with Crippen LogP contribution in [0.1, 0.15) is 55.2 Å². The maximum atomic E-state index is 13.1. The first-order valence-electron chi connectivity index (χ1n) is 13.0. The van der Waals surface area contributed by atoms with Gasteiger partial charge in [-0.25, -0.2) is 9.55 Å². The van der Waals surface area contributed by atoms with E-state index < -0.39 is 30.3 Å². The number of hydrogen-bond donors (Lipinski definition) is 0. The smallest absolute Gasteiger partial charge is 0.387 e. The van der Waals surface area contributed by atoms with E-state index in [1.165, 1.54) is 17.0 Å². The summed E-state index contributed by atoms with van der Waals surface area (Å²) in [5.74, 6) is -0.851. The molecule has 5 nitrogen and oxygen atoms in total. The van der Waals surface area contributed by atoms with Crippen LogP contribution in [0.25, 0.3) is 0 Å². The van der Waals surface area contributed by atoms with Gasteiger partial charge in [-0.1, -0.05) is 32.0 Å². The van der Waals surface area contributed by atoms with E-state index >= 15 is 0 Å². The molecule has 4 rings (SSSR count). The van der Waals surface area contributed by atoms with E-state index in [0.29, 0.717) is 17.9 Å². The van der Waals surface area contributed by atoms with Crippen LogP contribution in [-0.2, 0) is 18.9 Å². The molecule has 0 fully saturated rings. The van der Waals surface area contributed by atoms with Crippen LogP contribution in [0.15, 0.2) is 78.6 Å². The molecule has 10 heteroatoms. The second kappa shape index (κ2) is 12.5. The Hall–Kier alpha value is -3.66. The Morgan fingerprint density at radius 1 is 0.854 bits per heavy atom. The van der Waals surface area contributed by atoms with Gasteiger partial charge >= 0.3 is 13.2 Å². The average Bonchev–Trinajstić information content (AvgIpc) is 3.45. The van der Waals surface area contributed by atoms with Gasteiger partial charge in [-0.2, -0.15) is 17.6 Å². The maximum Gasteiger partial charge on any atom is 0.387 e. The van der Waals surface area contributed by atoms with Gasteiger partial charge < -0.3 is 14.2 Å². The summed E-state index contributed by atoms with van der Waals surface area (Å²) >= 11 is 1.67. The number of thiophene rings is 1. The number of aryl methyl sites for hydroxylation is 1. The first-order valence-corrected chi connectivity index (χ1v) is 13.9. The van der Waals surface area contributed by atoms with E-state index in [9.17, 15) is 17.6 Å². The van der Waals surface area contributed by atoms with Gasteiger partial charge in [0, 0.05) is 40.6 Å². The summed E-state index contributed by atoms with van der Waals surface area (Å²) in [4.78, 5) is 5.78. The number of pyridine rings is 2. The molecule has 0 radical (unpaired) electrons. The van der Waals surface area contributed by atoms with Gasteiger partial charge in [-0.3, -0.25) is 0 Å². The number of halogens is 4. The molecule has 218 valence electrons. The molecule has 1 unspecified atom stereocenters. The number of hydrogen-bond acceptors (Lipinski definition) is 5. The lowest BCUT2D eigenvalue weighted by Gasteiger charge is -2.40. The van der Waals surface area contributed by atoms with Crippen LogP contribution >= 0.6 is 11.3 Å². The summed E-state index contributed by atoms with van der Waals surface area (Å²) < 4.78 is 69.3. The highest BCUT2D eigenvalue weighted by molar-refractivity contribution is 7.10. The van der Waals surface area contributed by atoms with Gasteiger partial charge in [0.2, 0.25) is 5.88 Å². The van der Waals surface area contributed by atoms with Crippen molar-refractivity contribution in [3.63, 3.8) is 0 Å². The highest BCUT2D eigenvalue weighted by Gasteiger charge is 2.41. The van der Waals surface area contributed by atoms with Crippen molar-refractivity contribution in [2.45, 2.75) is 64.3 Å². The molecular weight excluding hydrogens is 556 g/mol. The molecule has 0 aliphatic carbocycles. The highest BCUT2D eigenvalue weighted by atomic mass is 32.1. The van der Waals surface area contributed by atoms with Crippen LogP contribution in [0.2, 0.25) is 0 Å². The van der Waals surface area contributed by atoms with Crippen LogP contribution < -0.4 is 18.8 Å². The third-order valence-corrected chi connectivity index (χ3v) is 8.65. The molecule has 0 N–H and O–H groups in total. The Bertz CT molecular complexity index is 1410. The Balaban J connectivity index is 1.67. The minimum atomic E-state index is -3.21. The molecule has 1 aromatic carbocycles. The Kier molecular flexibility index (Phi) is 9.21. The molecule has 0 aliphatic heterocycles. The molecule has 0 aliphatic rings. The van der Waals surface area contributed by atoms with Crippen molar-refractivity contribution in [2.24, 2.45) is 7.05 Å². The first-order chi connectivity index (χ1) is 19.4. The van der Waals surface area contributed by atoms with E-state index in [0.717, 1.165) is 11.1 Å². The normalized spacial score (nSPS) is 13.0. The molecule has 3 aromatic heterocycles. The van der Waals surface area contributed by atoms with Crippen molar-refractivity contribution in [1.29, 1.82) is 0 Å². The van der Waals surface area contributed by atoms with Crippen molar-refractivity contribution in [2.75, 3.05) is 0 Å². The first kappa shape index (κ1) is 30.3. The van der Waals surface area contributed by atoms with Gasteiger partial charge in [0.1, 0.15) is 12.6 Å². The molecule has 0 amide bonds. The van der Waals surface area contributed by atoms with Gasteiger partial charge in [-0.15, -0.1) is 11.3 Å². The predicted octanol–water partition coefficient (Wildman–Crippen LogP) is 7.68. The van der Waals surface area contributed by atoms with E-state index in [-0.39, 0.29) is 11.3 Å². The predicted molar refractivity (Wildman–Crippen MR) is 149 cm³/mol. The topological polar surface area (TPSA) is 44.5 Å². The molecule has 0 bridgehead atoms. The standard InChI is InChI=1S/C31H33F4N2O3S/c1-30(2,26-7-6-16-41-26)31(3,4)40-27-11-9-22(19-36-27)23(17-20-12-14-37(5)15-13-20)21-8-10-24(38-28(32)33)25(18-21)39-29(34)35/h6-16,18-19,23,28-29H,17H2,1-5H3/q+1. The van der Waals surface area contributed by atoms with Gasteiger partial charge in [-0.05, 0) is 60.5 Å². The lowest BCUT2D eigenvalue weighted by molar-refractivity contribution is -0.671. The third-order valence-electron chi connectivity index (χ3n) is 7.45. The van der Waals surface area contributed by atoms with Crippen molar-refractivity contribution in [3.8, 4) is 17.4 Å². The average molecular weight is 590 g/mol. The Morgan fingerprint density at radius 2 is 1.51 bits per heavy atom. The highest BCUT2D eigenvalue weighted by Crippen LogP contribution is 2.41. The molecular formula is C31H33F4N2O3S+. The van der Waals surface area contributed by atoms with Crippen LogP contribution in [-0.4, -0.2) is 23.8 Å². The van der Waals surface area contributed by atoms with E-state index in [4.69, 9.17) is 4.74 Å². The number of alkyl halides is 4. The second-order valence-electron chi connectivity index (χ2n) is 10.7. The third kappa shape index (κ3) is 7.35. The summed E-state index contributed by atoms with van der Waals surface area (Å²) in [5, 5.41) is 2.04. The van der Waals surface area contributed by atoms with E-state index in [1.54, 1.807) is 29.7 Å². The summed E-state index contributed by atoms with van der Waals surface area (Å²) in [6.07, 6.45) is 5.99. The van der Waals surface area contributed by atoms with Crippen molar-refractivity contribution in [1.82, 2.24) is 4.98 Å². The van der Waals surface area contributed by atoms with Gasteiger partial charge in [0.05, 0.1) is 0 Å². The van der Waals surface area contributed by atoms with Crippen LogP contribution in [0.3, 0.4) is 0 Å². The molecule has 0 saturated carbocycles. The Labute approximate surface area is 241 Å². The second-order valence-corrected chi connectivity index (χ2v) is 11.7. The number of aromatic nitrogens is 2. The zero-order valence-corrected chi connectivity index (χ0v) is 24.3. The van der Waals surface area contributed by atoms with Gasteiger partial charge in [0.25, 0.3) is 0 Å². The van der Waals surface area contributed by atoms with Crippen LogP contribution in [0.4, 0.5) is 17.6 Å². The Morgan fingerprint density at radius 3 is 2.10 bits per heavy atom. The molecule has 0 saturated heterocycles. The molecule has 41 heavy (non-hydrogen) atoms. The lowest BCUT2D eigenvalue weighted by atomic mass is 9.76. The SMILES string of the molecule is C[n+]1ccc(CC(c2ccc(OC(C)(C)C(C)(C)c3cccs3)nc2)c2ccc(OC(F)F)c(OC(F)F)c2)cc1. The zero-order valence-electron chi connectivity index (χ0n) is 23.5. The van der Waals surface area contributed by atoms with Gasteiger partial charge in [0.15, 0.2) is 23.9 Å². The largest absolute Gasteiger partial charge is 0.471 e. The van der Waals surface area contributed by atoms with Crippen LogP contribution in [0.5, 0.6) is 17.4 Å². The lowest BCUT2D eigenvalue weighted by Crippen LogP contribution is -2.47. The molecule has 1 atom stereocenters. The fourth-order valence-electron chi connectivity index (χ4n) is 4.43. The molecule has 0 spiro atoms. The van der Waals surface area contributed by atoms with Crippen molar-refractivity contribution >= 4 is 11.3 Å². The monoisotopic (exact) mass is 589 g/mol. The zero-order chi connectivity index (χ0) is 29.8. The number of benzene rings is 1.